The standard InChI is InChI=1S/C19H18N2O2/c1-13-8-9-18(23-13)17-12-15(19(22)21-10-4-5-11-21)14-6-2-3-7-16(14)20-17/h2-3,6-9,12H,4-5,10-11H2,1H3. The van der Waals surface area contributed by atoms with Crippen molar-refractivity contribution in [2.24, 2.45) is 0 Å². The van der Waals surface area contributed by atoms with Crippen LogP contribution in [0.3, 0.4) is 0 Å². The van der Waals surface area contributed by atoms with Gasteiger partial charge in [0.2, 0.25) is 0 Å². The highest BCUT2D eigenvalue weighted by atomic mass is 16.3. The molecule has 1 aliphatic heterocycles. The van der Waals surface area contributed by atoms with Crippen LogP contribution in [0.4, 0.5) is 0 Å². The summed E-state index contributed by atoms with van der Waals surface area (Å²) in [5.41, 5.74) is 2.24. The number of hydrogen-bond donors (Lipinski definition) is 0. The number of carbonyl (C=O) groups excluding carboxylic acids is 1. The largest absolute Gasteiger partial charge is 0.460 e. The first kappa shape index (κ1) is 14.0. The van der Waals surface area contributed by atoms with Crippen molar-refractivity contribution in [1.82, 2.24) is 9.88 Å². The lowest BCUT2D eigenvalue weighted by Gasteiger charge is -2.17. The molecule has 0 atom stereocenters. The number of nitrogens with zero attached hydrogens (tertiary/aromatic N) is 2. The van der Waals surface area contributed by atoms with Crippen molar-refractivity contribution >= 4 is 16.8 Å². The van der Waals surface area contributed by atoms with Crippen LogP contribution in [-0.4, -0.2) is 28.9 Å². The van der Waals surface area contributed by atoms with Gasteiger partial charge in [-0.25, -0.2) is 4.98 Å². The van der Waals surface area contributed by atoms with Gasteiger partial charge in [0.1, 0.15) is 11.5 Å². The third-order valence-corrected chi connectivity index (χ3v) is 4.33. The Morgan fingerprint density at radius 2 is 1.91 bits per heavy atom. The van der Waals surface area contributed by atoms with E-state index in [-0.39, 0.29) is 5.91 Å². The van der Waals surface area contributed by atoms with E-state index in [4.69, 9.17) is 4.42 Å². The van der Waals surface area contributed by atoms with Gasteiger partial charge in [0, 0.05) is 18.5 Å². The van der Waals surface area contributed by atoms with Gasteiger partial charge < -0.3 is 9.32 Å². The van der Waals surface area contributed by atoms with Gasteiger partial charge in [-0.3, -0.25) is 4.79 Å². The third-order valence-electron chi connectivity index (χ3n) is 4.33. The smallest absolute Gasteiger partial charge is 0.254 e. The number of para-hydroxylation sites is 1. The molecular formula is C19H18N2O2. The molecule has 0 N–H and O–H groups in total. The van der Waals surface area contributed by atoms with E-state index in [1.807, 2.05) is 54.3 Å². The van der Waals surface area contributed by atoms with Crippen LogP contribution in [0.5, 0.6) is 0 Å². The Balaban J connectivity index is 1.88. The first-order chi connectivity index (χ1) is 11.2. The second-order valence-electron chi connectivity index (χ2n) is 5.98. The molecular weight excluding hydrogens is 288 g/mol. The zero-order valence-corrected chi connectivity index (χ0v) is 13.1. The van der Waals surface area contributed by atoms with Gasteiger partial charge in [0.25, 0.3) is 5.91 Å². The first-order valence-electron chi connectivity index (χ1n) is 7.98. The minimum absolute atomic E-state index is 0.0885. The number of aromatic nitrogens is 1. The number of furan rings is 1. The number of carbonyl (C=O) groups is 1. The van der Waals surface area contributed by atoms with Gasteiger partial charge in [-0.1, -0.05) is 18.2 Å². The van der Waals surface area contributed by atoms with Crippen molar-refractivity contribution in [3.05, 3.63) is 53.8 Å². The molecule has 1 saturated heterocycles. The number of aryl methyl sites for hydroxylation is 1. The number of pyridine rings is 1. The van der Waals surface area contributed by atoms with E-state index < -0.39 is 0 Å². The molecule has 4 nitrogen and oxygen atoms in total. The monoisotopic (exact) mass is 306 g/mol. The Hall–Kier alpha value is -2.62. The lowest BCUT2D eigenvalue weighted by molar-refractivity contribution is 0.0794. The molecule has 4 heteroatoms. The van der Waals surface area contributed by atoms with E-state index in [0.29, 0.717) is 17.0 Å². The summed E-state index contributed by atoms with van der Waals surface area (Å²) in [5, 5.41) is 0.899. The number of benzene rings is 1. The lowest BCUT2D eigenvalue weighted by Crippen LogP contribution is -2.27. The van der Waals surface area contributed by atoms with Crippen LogP contribution in [0.15, 0.2) is 46.9 Å². The zero-order chi connectivity index (χ0) is 15.8. The molecule has 2 aromatic heterocycles. The Kier molecular flexibility index (Phi) is 3.37. The molecule has 0 bridgehead atoms. The summed E-state index contributed by atoms with van der Waals surface area (Å²) < 4.78 is 5.69. The van der Waals surface area contributed by atoms with Crippen molar-refractivity contribution in [2.45, 2.75) is 19.8 Å². The minimum Gasteiger partial charge on any atom is -0.460 e. The maximum Gasteiger partial charge on any atom is 0.254 e. The number of rotatable bonds is 2. The van der Waals surface area contributed by atoms with E-state index in [9.17, 15) is 4.79 Å². The van der Waals surface area contributed by atoms with Crippen molar-refractivity contribution in [2.75, 3.05) is 13.1 Å². The van der Waals surface area contributed by atoms with E-state index >= 15 is 0 Å². The maximum atomic E-state index is 12.9. The summed E-state index contributed by atoms with van der Waals surface area (Å²) in [5.74, 6) is 1.62. The lowest BCUT2D eigenvalue weighted by atomic mass is 10.1. The van der Waals surface area contributed by atoms with Crippen LogP contribution >= 0.6 is 0 Å². The Morgan fingerprint density at radius 3 is 2.65 bits per heavy atom. The Morgan fingerprint density at radius 1 is 1.13 bits per heavy atom. The summed E-state index contributed by atoms with van der Waals surface area (Å²) in [6.07, 6.45) is 2.16. The predicted molar refractivity (Wildman–Crippen MR) is 89.3 cm³/mol. The van der Waals surface area contributed by atoms with Gasteiger partial charge in [-0.15, -0.1) is 0 Å². The van der Waals surface area contributed by atoms with Crippen LogP contribution in [0, 0.1) is 6.92 Å². The summed E-state index contributed by atoms with van der Waals surface area (Å²) in [7, 11) is 0. The van der Waals surface area contributed by atoms with Gasteiger partial charge in [0.15, 0.2) is 5.76 Å². The molecule has 1 aromatic carbocycles. The van der Waals surface area contributed by atoms with E-state index in [0.717, 1.165) is 42.6 Å². The van der Waals surface area contributed by atoms with Crippen LogP contribution < -0.4 is 0 Å². The Bertz CT molecular complexity index is 876. The van der Waals surface area contributed by atoms with E-state index in [1.165, 1.54) is 0 Å². The first-order valence-corrected chi connectivity index (χ1v) is 7.98. The van der Waals surface area contributed by atoms with Gasteiger partial charge in [0.05, 0.1) is 11.1 Å². The average Bonchev–Trinajstić information content (AvgIpc) is 3.24. The van der Waals surface area contributed by atoms with Crippen molar-refractivity contribution < 1.29 is 9.21 Å². The highest BCUT2D eigenvalue weighted by molar-refractivity contribution is 6.07. The highest BCUT2D eigenvalue weighted by Crippen LogP contribution is 2.27. The molecule has 0 unspecified atom stereocenters. The fourth-order valence-electron chi connectivity index (χ4n) is 3.14. The van der Waals surface area contributed by atoms with Crippen molar-refractivity contribution in [3.8, 4) is 11.5 Å². The minimum atomic E-state index is 0.0885. The normalized spacial score (nSPS) is 14.6. The summed E-state index contributed by atoms with van der Waals surface area (Å²) in [6, 6.07) is 13.5. The number of amides is 1. The Labute approximate surface area is 134 Å². The molecule has 0 saturated carbocycles. The van der Waals surface area contributed by atoms with Gasteiger partial charge in [-0.05, 0) is 44.0 Å². The molecule has 3 aromatic rings. The fourth-order valence-corrected chi connectivity index (χ4v) is 3.14. The SMILES string of the molecule is Cc1ccc(-c2cc(C(=O)N3CCCC3)c3ccccc3n2)o1. The zero-order valence-electron chi connectivity index (χ0n) is 13.1. The summed E-state index contributed by atoms with van der Waals surface area (Å²) in [4.78, 5) is 19.5. The summed E-state index contributed by atoms with van der Waals surface area (Å²) >= 11 is 0. The number of likely N-dealkylation sites (tertiary alicyclic amines) is 1. The maximum absolute atomic E-state index is 12.9. The molecule has 0 radical (unpaired) electrons. The molecule has 116 valence electrons. The van der Waals surface area contributed by atoms with E-state index in [2.05, 4.69) is 4.98 Å². The van der Waals surface area contributed by atoms with Gasteiger partial charge >= 0.3 is 0 Å². The molecule has 0 spiro atoms. The van der Waals surface area contributed by atoms with Crippen LogP contribution in [0.1, 0.15) is 29.0 Å². The number of hydrogen-bond acceptors (Lipinski definition) is 3. The molecule has 1 amide bonds. The van der Waals surface area contributed by atoms with Crippen LogP contribution in [0.2, 0.25) is 0 Å². The molecule has 1 fully saturated rings. The topological polar surface area (TPSA) is 46.3 Å². The average molecular weight is 306 g/mol. The quantitative estimate of drug-likeness (QED) is 0.718. The van der Waals surface area contributed by atoms with E-state index in [1.54, 1.807) is 0 Å². The van der Waals surface area contributed by atoms with Crippen LogP contribution in [0.25, 0.3) is 22.4 Å². The molecule has 4 rings (SSSR count). The molecule has 0 aliphatic carbocycles. The summed E-state index contributed by atoms with van der Waals surface area (Å²) in [6.45, 7) is 3.58. The molecule has 1 aliphatic rings. The van der Waals surface area contributed by atoms with Crippen LogP contribution in [-0.2, 0) is 0 Å². The second-order valence-corrected chi connectivity index (χ2v) is 5.98. The fraction of sp³-hybridized carbons (Fsp3) is 0.263. The van der Waals surface area contributed by atoms with Crippen molar-refractivity contribution in [1.29, 1.82) is 0 Å². The number of fused-ring (bicyclic) bond motifs is 1. The molecule has 3 heterocycles. The van der Waals surface area contributed by atoms with Crippen molar-refractivity contribution in [3.63, 3.8) is 0 Å². The third kappa shape index (κ3) is 2.50. The highest BCUT2D eigenvalue weighted by Gasteiger charge is 2.22. The molecule has 23 heavy (non-hydrogen) atoms. The second kappa shape index (κ2) is 5.54. The van der Waals surface area contributed by atoms with Gasteiger partial charge in [-0.2, -0.15) is 0 Å². The predicted octanol–water partition coefficient (Wildman–Crippen LogP) is 4.04.